The molecule has 1 aliphatic rings. The Kier molecular flexibility index (Phi) is 3.75. The Morgan fingerprint density at radius 3 is 2.88 bits per heavy atom. The van der Waals surface area contributed by atoms with Crippen molar-refractivity contribution in [2.75, 3.05) is 0 Å². The van der Waals surface area contributed by atoms with E-state index in [2.05, 4.69) is 36.3 Å². The highest BCUT2D eigenvalue weighted by Crippen LogP contribution is 2.37. The molecule has 1 atom stereocenters. The topological polar surface area (TPSA) is 38.0 Å². The highest BCUT2D eigenvalue weighted by Gasteiger charge is 2.20. The van der Waals surface area contributed by atoms with E-state index in [1.54, 1.807) is 0 Å². The molecule has 2 rings (SSSR count). The average molecular weight is 216 g/mol. The quantitative estimate of drug-likeness (QED) is 0.451. The van der Waals surface area contributed by atoms with Gasteiger partial charge in [-0.05, 0) is 36.3 Å². The second-order valence-electron chi connectivity index (χ2n) is 4.54. The number of nitrogens with two attached hydrogens (primary N) is 1. The summed E-state index contributed by atoms with van der Waals surface area (Å²) in [6.45, 7) is 3.76. The molecule has 86 valence electrons. The van der Waals surface area contributed by atoms with Gasteiger partial charge in [-0.2, -0.15) is 0 Å². The molecule has 1 fully saturated rings. The second-order valence-corrected chi connectivity index (χ2v) is 4.54. The van der Waals surface area contributed by atoms with Gasteiger partial charge >= 0.3 is 0 Å². The van der Waals surface area contributed by atoms with E-state index in [4.69, 9.17) is 5.84 Å². The molecule has 0 aliphatic heterocycles. The molecule has 1 aromatic carbocycles. The zero-order chi connectivity index (χ0) is 11.4. The molecule has 0 aromatic heterocycles. The molecular weight excluding hydrogens is 196 g/mol. The summed E-state index contributed by atoms with van der Waals surface area (Å²) in [5, 5.41) is 0. The molecule has 0 bridgehead atoms. The van der Waals surface area contributed by atoms with Crippen LogP contribution in [0, 0.1) is 0 Å². The van der Waals surface area contributed by atoms with E-state index < -0.39 is 0 Å². The van der Waals surface area contributed by atoms with Crippen molar-refractivity contribution >= 4 is 0 Å². The van der Waals surface area contributed by atoms with Crippen LogP contribution >= 0.6 is 0 Å². The first-order chi connectivity index (χ1) is 7.85. The number of hydrogen-bond acceptors (Lipinski definition) is 2. The standard InChI is InChI=1S/C14H20N2/c1-2-5-14(16-15)13-9-4-8-12(10-13)11-6-3-7-11/h2,4,8-11,14,16H,1,3,5-7,15H2. The van der Waals surface area contributed by atoms with Gasteiger partial charge in [0.25, 0.3) is 0 Å². The van der Waals surface area contributed by atoms with Crippen LogP contribution in [0.5, 0.6) is 0 Å². The van der Waals surface area contributed by atoms with Crippen molar-refractivity contribution < 1.29 is 0 Å². The summed E-state index contributed by atoms with van der Waals surface area (Å²) in [7, 11) is 0. The maximum Gasteiger partial charge on any atom is 0.0494 e. The van der Waals surface area contributed by atoms with Gasteiger partial charge in [-0.15, -0.1) is 6.58 Å². The molecule has 0 amide bonds. The van der Waals surface area contributed by atoms with E-state index in [1.165, 1.54) is 30.4 Å². The lowest BCUT2D eigenvalue weighted by molar-refractivity contribution is 0.419. The number of benzene rings is 1. The van der Waals surface area contributed by atoms with Crippen molar-refractivity contribution in [2.24, 2.45) is 5.84 Å². The molecular formula is C14H20N2. The fourth-order valence-electron chi connectivity index (χ4n) is 2.24. The van der Waals surface area contributed by atoms with E-state index in [0.29, 0.717) is 0 Å². The van der Waals surface area contributed by atoms with Gasteiger partial charge in [0, 0.05) is 6.04 Å². The maximum atomic E-state index is 5.57. The van der Waals surface area contributed by atoms with Crippen LogP contribution in [0.15, 0.2) is 36.9 Å². The summed E-state index contributed by atoms with van der Waals surface area (Å²) in [5.74, 6) is 6.35. The lowest BCUT2D eigenvalue weighted by Crippen LogP contribution is -2.27. The molecule has 1 saturated carbocycles. The summed E-state index contributed by atoms with van der Waals surface area (Å²) >= 11 is 0. The largest absolute Gasteiger partial charge is 0.271 e. The highest BCUT2D eigenvalue weighted by atomic mass is 15.2. The molecule has 0 saturated heterocycles. The van der Waals surface area contributed by atoms with Crippen molar-refractivity contribution in [3.63, 3.8) is 0 Å². The Hall–Kier alpha value is -1.12. The van der Waals surface area contributed by atoms with Crippen molar-refractivity contribution in [1.82, 2.24) is 5.43 Å². The molecule has 2 nitrogen and oxygen atoms in total. The first kappa shape index (κ1) is 11.4. The van der Waals surface area contributed by atoms with E-state index in [-0.39, 0.29) is 6.04 Å². The van der Waals surface area contributed by atoms with Gasteiger partial charge in [-0.25, -0.2) is 0 Å². The van der Waals surface area contributed by atoms with Gasteiger partial charge < -0.3 is 0 Å². The summed E-state index contributed by atoms with van der Waals surface area (Å²) in [6, 6.07) is 8.98. The van der Waals surface area contributed by atoms with Crippen molar-refractivity contribution in [2.45, 2.75) is 37.6 Å². The minimum absolute atomic E-state index is 0.192. The fourth-order valence-corrected chi connectivity index (χ4v) is 2.24. The predicted molar refractivity (Wildman–Crippen MR) is 67.9 cm³/mol. The number of hydrogen-bond donors (Lipinski definition) is 2. The molecule has 0 heterocycles. The summed E-state index contributed by atoms with van der Waals surface area (Å²) in [6.07, 6.45) is 6.82. The third kappa shape index (κ3) is 2.34. The van der Waals surface area contributed by atoms with Crippen LogP contribution in [0.3, 0.4) is 0 Å². The maximum absolute atomic E-state index is 5.57. The third-order valence-corrected chi connectivity index (χ3v) is 3.49. The van der Waals surface area contributed by atoms with Gasteiger partial charge in [-0.3, -0.25) is 11.3 Å². The Labute approximate surface area is 97.5 Å². The van der Waals surface area contributed by atoms with Crippen molar-refractivity contribution in [3.05, 3.63) is 48.0 Å². The molecule has 2 heteroatoms. The third-order valence-electron chi connectivity index (χ3n) is 3.49. The Balaban J connectivity index is 2.16. The van der Waals surface area contributed by atoms with Crippen LogP contribution in [-0.2, 0) is 0 Å². The van der Waals surface area contributed by atoms with Crippen LogP contribution in [-0.4, -0.2) is 0 Å². The van der Waals surface area contributed by atoms with E-state index in [9.17, 15) is 0 Å². The summed E-state index contributed by atoms with van der Waals surface area (Å²) in [5.41, 5.74) is 5.59. The molecule has 1 aliphatic carbocycles. The van der Waals surface area contributed by atoms with E-state index in [1.807, 2.05) is 6.08 Å². The Morgan fingerprint density at radius 2 is 2.31 bits per heavy atom. The van der Waals surface area contributed by atoms with Gasteiger partial charge in [-0.1, -0.05) is 36.8 Å². The van der Waals surface area contributed by atoms with Crippen molar-refractivity contribution in [3.8, 4) is 0 Å². The van der Waals surface area contributed by atoms with E-state index in [0.717, 1.165) is 12.3 Å². The van der Waals surface area contributed by atoms with Crippen molar-refractivity contribution in [1.29, 1.82) is 0 Å². The SMILES string of the molecule is C=CCC(NN)c1cccc(C2CCC2)c1. The van der Waals surface area contributed by atoms with Crippen LogP contribution < -0.4 is 11.3 Å². The van der Waals surface area contributed by atoms with Gasteiger partial charge in [0.1, 0.15) is 0 Å². The summed E-state index contributed by atoms with van der Waals surface area (Å²) < 4.78 is 0. The molecule has 16 heavy (non-hydrogen) atoms. The zero-order valence-electron chi connectivity index (χ0n) is 9.65. The van der Waals surface area contributed by atoms with Gasteiger partial charge in [0.2, 0.25) is 0 Å². The second kappa shape index (κ2) is 5.28. The van der Waals surface area contributed by atoms with E-state index >= 15 is 0 Å². The minimum atomic E-state index is 0.192. The average Bonchev–Trinajstić information content (AvgIpc) is 2.24. The number of nitrogens with one attached hydrogen (secondary N) is 1. The van der Waals surface area contributed by atoms with Crippen LogP contribution in [0.1, 0.15) is 48.8 Å². The molecule has 1 aromatic rings. The van der Waals surface area contributed by atoms with Crippen LogP contribution in [0.25, 0.3) is 0 Å². The van der Waals surface area contributed by atoms with Crippen LogP contribution in [0.2, 0.25) is 0 Å². The fraction of sp³-hybridized carbons (Fsp3) is 0.429. The number of rotatable bonds is 5. The molecule has 0 spiro atoms. The van der Waals surface area contributed by atoms with Crippen LogP contribution in [0.4, 0.5) is 0 Å². The molecule has 1 unspecified atom stereocenters. The number of hydrazine groups is 1. The summed E-state index contributed by atoms with van der Waals surface area (Å²) in [4.78, 5) is 0. The predicted octanol–water partition coefficient (Wildman–Crippen LogP) is 3.03. The first-order valence-electron chi connectivity index (χ1n) is 6.02. The highest BCUT2D eigenvalue weighted by molar-refractivity contribution is 5.29. The Morgan fingerprint density at radius 1 is 1.50 bits per heavy atom. The Bertz CT molecular complexity index is 356. The lowest BCUT2D eigenvalue weighted by Gasteiger charge is -2.27. The monoisotopic (exact) mass is 216 g/mol. The minimum Gasteiger partial charge on any atom is -0.271 e. The molecule has 3 N–H and O–H groups in total. The van der Waals surface area contributed by atoms with Gasteiger partial charge in [0.05, 0.1) is 0 Å². The zero-order valence-corrected chi connectivity index (χ0v) is 9.65. The normalized spacial score (nSPS) is 17.8. The smallest absolute Gasteiger partial charge is 0.0494 e. The molecule has 0 radical (unpaired) electrons. The first-order valence-corrected chi connectivity index (χ1v) is 6.02. The lowest BCUT2D eigenvalue weighted by atomic mass is 9.79. The van der Waals surface area contributed by atoms with Gasteiger partial charge in [0.15, 0.2) is 0 Å².